The van der Waals surface area contributed by atoms with Crippen LogP contribution in [0.5, 0.6) is 0 Å². The van der Waals surface area contributed by atoms with Crippen LogP contribution in [0.2, 0.25) is 0 Å². The fraction of sp³-hybridized carbons (Fsp3) is 0.500. The monoisotopic (exact) mass is 246 g/mol. The number of rotatable bonds is 2. The van der Waals surface area contributed by atoms with Gasteiger partial charge in [-0.05, 0) is 42.9 Å². The molecule has 1 aliphatic rings. The average Bonchev–Trinajstić information content (AvgIpc) is 2.77. The highest BCUT2D eigenvalue weighted by Crippen LogP contribution is 2.31. The molecule has 0 aromatic carbocycles. The minimum Gasteiger partial charge on any atom is -0.326 e. The summed E-state index contributed by atoms with van der Waals surface area (Å²) in [6.07, 6.45) is 4.95. The van der Waals surface area contributed by atoms with Crippen LogP contribution in [0.4, 0.5) is 0 Å². The van der Waals surface area contributed by atoms with Gasteiger partial charge in [-0.25, -0.2) is 4.98 Å². The first-order chi connectivity index (χ1) is 8.30. The largest absolute Gasteiger partial charge is 0.326 e. The van der Waals surface area contributed by atoms with Crippen LogP contribution in [0.25, 0.3) is 10.2 Å². The lowest BCUT2D eigenvalue weighted by molar-refractivity contribution is 0.441. The standard InChI is InChI=1S/C14H18N2S/c1-2-9-3-4-13-10(5-9)6-11-7-12(8-15)17-14(11)16-13/h6-7,9H,2-5,8,15H2,1H3. The fourth-order valence-corrected chi connectivity index (χ4v) is 3.61. The van der Waals surface area contributed by atoms with Gasteiger partial charge in [-0.15, -0.1) is 11.3 Å². The molecule has 2 N–H and O–H groups in total. The molecule has 1 unspecified atom stereocenters. The van der Waals surface area contributed by atoms with Crippen molar-refractivity contribution in [3.63, 3.8) is 0 Å². The lowest BCUT2D eigenvalue weighted by Gasteiger charge is -2.22. The van der Waals surface area contributed by atoms with Gasteiger partial charge >= 0.3 is 0 Å². The molecule has 3 rings (SSSR count). The second-order valence-electron chi connectivity index (χ2n) is 4.92. The first-order valence-electron chi connectivity index (χ1n) is 6.41. The number of hydrogen-bond donors (Lipinski definition) is 1. The molecule has 2 heterocycles. The Hall–Kier alpha value is -0.930. The molecule has 0 radical (unpaired) electrons. The highest BCUT2D eigenvalue weighted by molar-refractivity contribution is 7.18. The third-order valence-electron chi connectivity index (χ3n) is 3.80. The van der Waals surface area contributed by atoms with Crippen molar-refractivity contribution in [2.24, 2.45) is 11.7 Å². The van der Waals surface area contributed by atoms with E-state index in [2.05, 4.69) is 19.1 Å². The van der Waals surface area contributed by atoms with E-state index in [1.165, 1.54) is 45.6 Å². The van der Waals surface area contributed by atoms with Crippen LogP contribution in [0, 0.1) is 5.92 Å². The second-order valence-corrected chi connectivity index (χ2v) is 6.04. The first kappa shape index (κ1) is 11.2. The van der Waals surface area contributed by atoms with Crippen molar-refractivity contribution in [1.82, 2.24) is 4.98 Å². The van der Waals surface area contributed by atoms with Crippen LogP contribution in [-0.2, 0) is 19.4 Å². The van der Waals surface area contributed by atoms with Gasteiger partial charge in [0.05, 0.1) is 0 Å². The third-order valence-corrected chi connectivity index (χ3v) is 4.87. The van der Waals surface area contributed by atoms with Gasteiger partial charge in [0, 0.05) is 22.5 Å². The summed E-state index contributed by atoms with van der Waals surface area (Å²) in [4.78, 5) is 7.22. The molecule has 1 atom stereocenters. The molecule has 0 spiro atoms. The normalized spacial score (nSPS) is 19.5. The SMILES string of the molecule is CCC1CCc2nc3sc(CN)cc3cc2C1. The molecule has 2 aromatic rings. The molecule has 0 amide bonds. The average molecular weight is 246 g/mol. The topological polar surface area (TPSA) is 38.9 Å². The van der Waals surface area contributed by atoms with Crippen molar-refractivity contribution in [3.8, 4) is 0 Å². The molecule has 0 bridgehead atoms. The minimum atomic E-state index is 0.628. The molecule has 90 valence electrons. The Morgan fingerprint density at radius 2 is 2.35 bits per heavy atom. The Morgan fingerprint density at radius 3 is 3.12 bits per heavy atom. The summed E-state index contributed by atoms with van der Waals surface area (Å²) in [5.74, 6) is 0.856. The van der Waals surface area contributed by atoms with Gasteiger partial charge in [0.15, 0.2) is 0 Å². The molecule has 0 aliphatic heterocycles. The van der Waals surface area contributed by atoms with Crippen molar-refractivity contribution in [2.45, 2.75) is 39.2 Å². The molecule has 17 heavy (non-hydrogen) atoms. The number of nitrogens with two attached hydrogens (primary N) is 1. The Morgan fingerprint density at radius 1 is 1.47 bits per heavy atom. The van der Waals surface area contributed by atoms with E-state index in [1.54, 1.807) is 11.3 Å². The van der Waals surface area contributed by atoms with Gasteiger partial charge in [-0.2, -0.15) is 0 Å². The number of thiophene rings is 1. The van der Waals surface area contributed by atoms with Crippen molar-refractivity contribution in [3.05, 3.63) is 28.3 Å². The minimum absolute atomic E-state index is 0.628. The molecular formula is C14H18N2S. The molecule has 2 nitrogen and oxygen atoms in total. The molecule has 2 aromatic heterocycles. The van der Waals surface area contributed by atoms with E-state index in [4.69, 9.17) is 10.7 Å². The van der Waals surface area contributed by atoms with Crippen LogP contribution in [0.1, 0.15) is 35.9 Å². The van der Waals surface area contributed by atoms with E-state index in [9.17, 15) is 0 Å². The summed E-state index contributed by atoms with van der Waals surface area (Å²) in [6, 6.07) is 4.54. The van der Waals surface area contributed by atoms with Gasteiger partial charge < -0.3 is 5.73 Å². The van der Waals surface area contributed by atoms with Crippen LogP contribution in [-0.4, -0.2) is 4.98 Å². The maximum atomic E-state index is 5.69. The van der Waals surface area contributed by atoms with Crippen LogP contribution in [0.3, 0.4) is 0 Å². The van der Waals surface area contributed by atoms with E-state index in [1.807, 2.05) is 0 Å². The number of aromatic nitrogens is 1. The van der Waals surface area contributed by atoms with Gasteiger partial charge in [0.1, 0.15) is 4.83 Å². The molecule has 0 saturated carbocycles. The van der Waals surface area contributed by atoms with E-state index >= 15 is 0 Å². The van der Waals surface area contributed by atoms with E-state index in [-0.39, 0.29) is 0 Å². The van der Waals surface area contributed by atoms with Crippen LogP contribution >= 0.6 is 11.3 Å². The lowest BCUT2D eigenvalue weighted by Crippen LogP contribution is -2.14. The number of hydrogen-bond acceptors (Lipinski definition) is 3. The van der Waals surface area contributed by atoms with E-state index in [0.29, 0.717) is 6.54 Å². The zero-order valence-corrected chi connectivity index (χ0v) is 11.0. The van der Waals surface area contributed by atoms with Crippen molar-refractivity contribution in [1.29, 1.82) is 0 Å². The zero-order valence-electron chi connectivity index (χ0n) is 10.2. The summed E-state index contributed by atoms with van der Waals surface area (Å²) < 4.78 is 0. The zero-order chi connectivity index (χ0) is 11.8. The highest BCUT2D eigenvalue weighted by atomic mass is 32.1. The number of fused-ring (bicyclic) bond motifs is 2. The predicted molar refractivity (Wildman–Crippen MR) is 73.3 cm³/mol. The summed E-state index contributed by atoms with van der Waals surface area (Å²) in [7, 11) is 0. The summed E-state index contributed by atoms with van der Waals surface area (Å²) >= 11 is 1.74. The Balaban J connectivity index is 2.05. The van der Waals surface area contributed by atoms with Crippen molar-refractivity contribution < 1.29 is 0 Å². The number of pyridine rings is 1. The first-order valence-corrected chi connectivity index (χ1v) is 7.23. The van der Waals surface area contributed by atoms with Crippen molar-refractivity contribution >= 4 is 21.6 Å². The molecular weight excluding hydrogens is 228 g/mol. The lowest BCUT2D eigenvalue weighted by atomic mass is 9.85. The Bertz CT molecular complexity index is 544. The third kappa shape index (κ3) is 1.98. The van der Waals surface area contributed by atoms with Crippen LogP contribution < -0.4 is 5.73 Å². The fourth-order valence-electron chi connectivity index (χ4n) is 2.70. The summed E-state index contributed by atoms with van der Waals surface area (Å²) in [5, 5.41) is 1.28. The van der Waals surface area contributed by atoms with E-state index in [0.717, 1.165) is 12.3 Å². The smallest absolute Gasteiger partial charge is 0.123 e. The highest BCUT2D eigenvalue weighted by Gasteiger charge is 2.19. The maximum Gasteiger partial charge on any atom is 0.123 e. The molecule has 3 heteroatoms. The number of nitrogens with zero attached hydrogens (tertiary/aromatic N) is 1. The van der Waals surface area contributed by atoms with Crippen LogP contribution in [0.15, 0.2) is 12.1 Å². The summed E-state index contributed by atoms with van der Waals surface area (Å²) in [6.45, 7) is 2.92. The van der Waals surface area contributed by atoms with Gasteiger partial charge in [0.2, 0.25) is 0 Å². The van der Waals surface area contributed by atoms with Gasteiger partial charge in [-0.3, -0.25) is 0 Å². The summed E-state index contributed by atoms with van der Waals surface area (Å²) in [5.41, 5.74) is 8.49. The van der Waals surface area contributed by atoms with E-state index < -0.39 is 0 Å². The molecule has 1 aliphatic carbocycles. The van der Waals surface area contributed by atoms with Crippen molar-refractivity contribution in [2.75, 3.05) is 0 Å². The second kappa shape index (κ2) is 4.39. The quantitative estimate of drug-likeness (QED) is 0.883. The maximum absolute atomic E-state index is 5.69. The predicted octanol–water partition coefficient (Wildman–Crippen LogP) is 3.27. The molecule has 0 saturated heterocycles. The van der Waals surface area contributed by atoms with Gasteiger partial charge in [-0.1, -0.05) is 13.3 Å². The molecule has 0 fully saturated rings. The Kier molecular flexibility index (Phi) is 2.89. The van der Waals surface area contributed by atoms with Gasteiger partial charge in [0.25, 0.3) is 0 Å². The Labute approximate surface area is 106 Å². The number of aryl methyl sites for hydroxylation is 1.